The van der Waals surface area contributed by atoms with E-state index >= 15 is 0 Å². The summed E-state index contributed by atoms with van der Waals surface area (Å²) in [5.41, 5.74) is 0.0291. The molecular weight excluding hydrogens is 296 g/mol. The molecule has 0 saturated heterocycles. The fourth-order valence-corrected chi connectivity index (χ4v) is 2.09. The summed E-state index contributed by atoms with van der Waals surface area (Å²) in [5.74, 6) is 0.339. The first-order valence-electron chi connectivity index (χ1n) is 6.94. The Balaban J connectivity index is 2.37. The van der Waals surface area contributed by atoms with Gasteiger partial charge in [-0.2, -0.15) is 5.10 Å². The smallest absolute Gasteiger partial charge is 0.327 e. The van der Waals surface area contributed by atoms with Gasteiger partial charge in [0.15, 0.2) is 10.8 Å². The molecule has 0 spiro atoms. The number of rotatable bonds is 6. The molecule has 7 heteroatoms. The van der Waals surface area contributed by atoms with Gasteiger partial charge in [0, 0.05) is 5.92 Å². The third kappa shape index (κ3) is 3.75. The van der Waals surface area contributed by atoms with Crippen molar-refractivity contribution in [3.63, 3.8) is 0 Å². The predicted octanol–water partition coefficient (Wildman–Crippen LogP) is 1.98. The number of ether oxygens (including phenoxy) is 2. The molecule has 0 amide bonds. The minimum absolute atomic E-state index is 0.0150. The van der Waals surface area contributed by atoms with Crippen LogP contribution in [0.15, 0.2) is 4.79 Å². The van der Waals surface area contributed by atoms with E-state index in [0.717, 1.165) is 17.5 Å². The van der Waals surface area contributed by atoms with E-state index in [1.807, 2.05) is 13.8 Å². The lowest BCUT2D eigenvalue weighted by Gasteiger charge is -2.16. The van der Waals surface area contributed by atoms with Gasteiger partial charge in [-0.05, 0) is 18.8 Å². The molecule has 1 aromatic rings. The predicted molar refractivity (Wildman–Crippen MR) is 77.8 cm³/mol. The molecule has 1 aliphatic carbocycles. The van der Waals surface area contributed by atoms with Crippen LogP contribution in [0.5, 0.6) is 5.75 Å². The SMILES string of the molecule is COC(=O)Cn1nc(C(C)C)c(OCC2CC2)c(Cl)c1=O. The largest absolute Gasteiger partial charge is 0.490 e. The van der Waals surface area contributed by atoms with E-state index in [-0.39, 0.29) is 17.5 Å². The molecule has 0 radical (unpaired) electrons. The topological polar surface area (TPSA) is 70.4 Å². The van der Waals surface area contributed by atoms with Crippen LogP contribution in [0.25, 0.3) is 0 Å². The highest BCUT2D eigenvalue weighted by atomic mass is 35.5. The summed E-state index contributed by atoms with van der Waals surface area (Å²) in [6, 6.07) is 0. The summed E-state index contributed by atoms with van der Waals surface area (Å²) in [6.45, 7) is 4.13. The van der Waals surface area contributed by atoms with E-state index in [1.165, 1.54) is 7.11 Å². The first-order chi connectivity index (χ1) is 9.93. The molecule has 6 nitrogen and oxygen atoms in total. The number of carbonyl (C=O) groups excluding carboxylic acids is 1. The molecule has 0 N–H and O–H groups in total. The first kappa shape index (κ1) is 15.8. The van der Waals surface area contributed by atoms with Crippen molar-refractivity contribution in [2.24, 2.45) is 5.92 Å². The van der Waals surface area contributed by atoms with Crippen LogP contribution < -0.4 is 10.3 Å². The lowest BCUT2D eigenvalue weighted by atomic mass is 10.1. The summed E-state index contributed by atoms with van der Waals surface area (Å²) in [7, 11) is 1.26. The number of aromatic nitrogens is 2. The van der Waals surface area contributed by atoms with Crippen LogP contribution in [0, 0.1) is 5.92 Å². The van der Waals surface area contributed by atoms with Gasteiger partial charge in [-0.1, -0.05) is 25.4 Å². The monoisotopic (exact) mass is 314 g/mol. The Morgan fingerprint density at radius 3 is 2.67 bits per heavy atom. The van der Waals surface area contributed by atoms with Crippen LogP contribution in [0.3, 0.4) is 0 Å². The first-order valence-corrected chi connectivity index (χ1v) is 7.32. The van der Waals surface area contributed by atoms with E-state index < -0.39 is 11.5 Å². The maximum Gasteiger partial charge on any atom is 0.327 e. The Bertz CT molecular complexity index is 593. The van der Waals surface area contributed by atoms with Crippen LogP contribution in [0.1, 0.15) is 38.3 Å². The number of carbonyl (C=O) groups is 1. The molecular formula is C14H19ClN2O4. The van der Waals surface area contributed by atoms with Crippen molar-refractivity contribution in [2.45, 2.75) is 39.2 Å². The molecule has 21 heavy (non-hydrogen) atoms. The lowest BCUT2D eigenvalue weighted by Crippen LogP contribution is -2.29. The highest BCUT2D eigenvalue weighted by molar-refractivity contribution is 6.31. The van der Waals surface area contributed by atoms with E-state index in [0.29, 0.717) is 24.0 Å². The molecule has 0 aromatic carbocycles. The molecule has 1 aromatic heterocycles. The number of hydrogen-bond acceptors (Lipinski definition) is 5. The quantitative estimate of drug-likeness (QED) is 0.751. The van der Waals surface area contributed by atoms with Crippen molar-refractivity contribution >= 4 is 17.6 Å². The second-order valence-corrected chi connectivity index (χ2v) is 5.85. The Kier molecular flexibility index (Phi) is 4.88. The number of nitrogens with zero attached hydrogens (tertiary/aromatic N) is 2. The van der Waals surface area contributed by atoms with Crippen LogP contribution in [-0.4, -0.2) is 29.5 Å². The third-order valence-electron chi connectivity index (χ3n) is 3.30. The minimum Gasteiger partial charge on any atom is -0.490 e. The molecule has 2 rings (SSSR count). The van der Waals surface area contributed by atoms with Crippen LogP contribution in [0.4, 0.5) is 0 Å². The van der Waals surface area contributed by atoms with E-state index in [9.17, 15) is 9.59 Å². The summed E-state index contributed by atoms with van der Waals surface area (Å²) in [4.78, 5) is 23.5. The van der Waals surface area contributed by atoms with Crippen molar-refractivity contribution in [1.82, 2.24) is 9.78 Å². The summed E-state index contributed by atoms with van der Waals surface area (Å²) in [6.07, 6.45) is 2.28. The number of esters is 1. The number of halogens is 1. The van der Waals surface area contributed by atoms with Crippen molar-refractivity contribution < 1.29 is 14.3 Å². The van der Waals surface area contributed by atoms with Crippen LogP contribution in [0.2, 0.25) is 5.02 Å². The zero-order valence-electron chi connectivity index (χ0n) is 12.4. The average molecular weight is 315 g/mol. The van der Waals surface area contributed by atoms with Crippen molar-refractivity contribution in [1.29, 1.82) is 0 Å². The molecule has 0 atom stereocenters. The van der Waals surface area contributed by atoms with Crippen molar-refractivity contribution in [3.8, 4) is 5.75 Å². The van der Waals surface area contributed by atoms with E-state index in [4.69, 9.17) is 16.3 Å². The summed E-state index contributed by atoms with van der Waals surface area (Å²) in [5, 5.41) is 4.18. The van der Waals surface area contributed by atoms with E-state index in [2.05, 4.69) is 9.84 Å². The van der Waals surface area contributed by atoms with Crippen LogP contribution in [-0.2, 0) is 16.1 Å². The maximum absolute atomic E-state index is 12.2. The Morgan fingerprint density at radius 2 is 2.14 bits per heavy atom. The van der Waals surface area contributed by atoms with Gasteiger partial charge in [-0.25, -0.2) is 4.68 Å². The Labute approximate surface area is 128 Å². The molecule has 0 unspecified atom stereocenters. The second kappa shape index (κ2) is 6.47. The summed E-state index contributed by atoms with van der Waals surface area (Å²) < 4.78 is 11.3. The minimum atomic E-state index is -0.554. The zero-order chi connectivity index (χ0) is 15.6. The molecule has 1 fully saturated rings. The van der Waals surface area contributed by atoms with Gasteiger partial charge in [0.05, 0.1) is 13.7 Å². The van der Waals surface area contributed by atoms with Crippen molar-refractivity contribution in [2.75, 3.05) is 13.7 Å². The molecule has 1 aliphatic rings. The molecule has 0 aliphatic heterocycles. The molecule has 1 saturated carbocycles. The van der Waals surface area contributed by atoms with E-state index in [1.54, 1.807) is 0 Å². The fraction of sp³-hybridized carbons (Fsp3) is 0.643. The zero-order valence-corrected chi connectivity index (χ0v) is 13.1. The highest BCUT2D eigenvalue weighted by Gasteiger charge is 2.25. The van der Waals surface area contributed by atoms with Gasteiger partial charge in [0.1, 0.15) is 12.2 Å². The number of methoxy groups -OCH3 is 1. The van der Waals surface area contributed by atoms with Crippen LogP contribution >= 0.6 is 11.6 Å². The van der Waals surface area contributed by atoms with Gasteiger partial charge < -0.3 is 9.47 Å². The molecule has 1 heterocycles. The Morgan fingerprint density at radius 1 is 1.48 bits per heavy atom. The molecule has 116 valence electrons. The normalized spacial score (nSPS) is 14.3. The van der Waals surface area contributed by atoms with Gasteiger partial charge in [-0.15, -0.1) is 0 Å². The standard InChI is InChI=1S/C14H19ClN2O4/c1-8(2)12-13(21-7-9-4-5-9)11(15)14(19)17(16-12)6-10(18)20-3/h8-9H,4-7H2,1-3H3. The maximum atomic E-state index is 12.2. The Hall–Kier alpha value is -1.56. The van der Waals surface area contributed by atoms with Gasteiger partial charge >= 0.3 is 5.97 Å². The third-order valence-corrected chi connectivity index (χ3v) is 3.63. The lowest BCUT2D eigenvalue weighted by molar-refractivity contribution is -0.141. The fourth-order valence-electron chi connectivity index (χ4n) is 1.84. The highest BCUT2D eigenvalue weighted by Crippen LogP contribution is 2.33. The van der Waals surface area contributed by atoms with Gasteiger partial charge in [0.25, 0.3) is 5.56 Å². The summed E-state index contributed by atoms with van der Waals surface area (Å²) >= 11 is 6.13. The molecule has 0 bridgehead atoms. The second-order valence-electron chi connectivity index (χ2n) is 5.48. The number of hydrogen-bond donors (Lipinski definition) is 0. The van der Waals surface area contributed by atoms with Gasteiger partial charge in [-0.3, -0.25) is 9.59 Å². The van der Waals surface area contributed by atoms with Gasteiger partial charge in [0.2, 0.25) is 0 Å². The van der Waals surface area contributed by atoms with Crippen molar-refractivity contribution in [3.05, 3.63) is 21.1 Å². The average Bonchev–Trinajstić information content (AvgIpc) is 3.26.